The van der Waals surface area contributed by atoms with Crippen molar-refractivity contribution < 1.29 is 63.6 Å². The van der Waals surface area contributed by atoms with Gasteiger partial charge in [-0.1, -0.05) is 6.08 Å². The van der Waals surface area contributed by atoms with Gasteiger partial charge in [-0.05, 0) is 20.8 Å². The Morgan fingerprint density at radius 3 is 2.34 bits per heavy atom. The van der Waals surface area contributed by atoms with Gasteiger partial charge in [0.05, 0.1) is 37.9 Å². The molecule has 2 heterocycles. The first kappa shape index (κ1) is 28.7. The molecule has 198 valence electrons. The molecule has 2 rings (SSSR count). The normalized spacial score (nSPS) is 34.3. The molecule has 0 aliphatic carbocycles. The Kier molecular flexibility index (Phi) is 10.2. The summed E-state index contributed by atoms with van der Waals surface area (Å²) in [5.74, 6) is -5.07. The van der Waals surface area contributed by atoms with Gasteiger partial charge in [0.2, 0.25) is 6.29 Å². The molecule has 0 aromatic rings. The van der Waals surface area contributed by atoms with E-state index in [0.717, 1.165) is 13.4 Å². The zero-order valence-electron chi connectivity index (χ0n) is 19.8. The van der Waals surface area contributed by atoms with E-state index in [0.29, 0.717) is 0 Å². The number of carbonyl (C=O) groups excluding carboxylic acids is 2. The van der Waals surface area contributed by atoms with Gasteiger partial charge in [0.25, 0.3) is 0 Å². The highest BCUT2D eigenvalue weighted by Gasteiger charge is 2.50. The van der Waals surface area contributed by atoms with Crippen molar-refractivity contribution in [2.24, 2.45) is 11.8 Å². The zero-order valence-corrected chi connectivity index (χ0v) is 19.8. The number of aliphatic hydroxyl groups excluding tert-OH is 4. The Labute approximate surface area is 201 Å². The number of hydrogen-bond acceptors (Lipinski definition) is 12. The predicted molar refractivity (Wildman–Crippen MR) is 114 cm³/mol. The van der Waals surface area contributed by atoms with Gasteiger partial charge in [-0.25, -0.2) is 9.59 Å². The lowest BCUT2D eigenvalue weighted by Crippen LogP contribution is -2.60. The van der Waals surface area contributed by atoms with Crippen molar-refractivity contribution in [2.45, 2.75) is 70.3 Å². The highest BCUT2D eigenvalue weighted by atomic mass is 16.8. The number of ether oxygens (including phenoxy) is 5. The number of carboxylic acid groups (broad SMARTS) is 1. The molecule has 9 atom stereocenters. The van der Waals surface area contributed by atoms with Gasteiger partial charge < -0.3 is 49.2 Å². The van der Waals surface area contributed by atoms with Crippen LogP contribution in [0, 0.1) is 11.8 Å². The van der Waals surface area contributed by atoms with E-state index in [4.69, 9.17) is 23.7 Å². The SMILES string of the molecule is C/C=C(\C)C(=O)O[C@@H](C)[C@H]1C(O[C@@H]2O[C@H](CO)[C@@H](O)[C@H](O)[C@H]2O)OC=C(C(=O)OC)[C@H]1CC(=O)O. The van der Waals surface area contributed by atoms with Crippen LogP contribution in [0.1, 0.15) is 27.2 Å². The average Bonchev–Trinajstić information content (AvgIpc) is 2.82. The molecule has 0 radical (unpaired) electrons. The quantitative estimate of drug-likeness (QED) is 0.186. The molecule has 1 unspecified atom stereocenters. The van der Waals surface area contributed by atoms with Gasteiger partial charge in [-0.15, -0.1) is 0 Å². The van der Waals surface area contributed by atoms with E-state index in [1.807, 2.05) is 0 Å². The maximum Gasteiger partial charge on any atom is 0.337 e. The summed E-state index contributed by atoms with van der Waals surface area (Å²) in [5.41, 5.74) is 0.137. The number of methoxy groups -OCH3 is 1. The molecular formula is C22H32O13. The molecule has 1 fully saturated rings. The van der Waals surface area contributed by atoms with Crippen molar-refractivity contribution in [1.82, 2.24) is 0 Å². The van der Waals surface area contributed by atoms with Gasteiger partial charge >= 0.3 is 17.9 Å². The van der Waals surface area contributed by atoms with E-state index in [1.165, 1.54) is 19.9 Å². The molecule has 13 nitrogen and oxygen atoms in total. The summed E-state index contributed by atoms with van der Waals surface area (Å²) in [6, 6.07) is 0. The number of esters is 2. The van der Waals surface area contributed by atoms with Gasteiger partial charge in [-0.3, -0.25) is 4.79 Å². The van der Waals surface area contributed by atoms with Crippen molar-refractivity contribution in [3.05, 3.63) is 23.5 Å². The molecule has 2 aliphatic heterocycles. The summed E-state index contributed by atoms with van der Waals surface area (Å²) < 4.78 is 26.8. The maximum absolute atomic E-state index is 12.4. The highest BCUT2D eigenvalue weighted by Crippen LogP contribution is 2.39. The van der Waals surface area contributed by atoms with Crippen molar-refractivity contribution in [3.8, 4) is 0 Å². The minimum atomic E-state index is -1.77. The fourth-order valence-electron chi connectivity index (χ4n) is 3.91. The van der Waals surface area contributed by atoms with Gasteiger partial charge in [-0.2, -0.15) is 0 Å². The van der Waals surface area contributed by atoms with Crippen molar-refractivity contribution in [3.63, 3.8) is 0 Å². The Morgan fingerprint density at radius 1 is 1.14 bits per heavy atom. The van der Waals surface area contributed by atoms with Crippen LogP contribution < -0.4 is 0 Å². The van der Waals surface area contributed by atoms with E-state index in [-0.39, 0.29) is 11.1 Å². The van der Waals surface area contributed by atoms with Gasteiger partial charge in [0.1, 0.15) is 30.5 Å². The third-order valence-electron chi connectivity index (χ3n) is 6.03. The Bertz CT molecular complexity index is 835. The second kappa shape index (κ2) is 12.4. The molecule has 0 aromatic heterocycles. The van der Waals surface area contributed by atoms with E-state index < -0.39 is 85.9 Å². The number of allylic oxidation sites excluding steroid dienone is 1. The van der Waals surface area contributed by atoms with Gasteiger partial charge in [0.15, 0.2) is 6.29 Å². The minimum Gasteiger partial charge on any atom is -0.481 e. The number of hydrogen-bond donors (Lipinski definition) is 5. The predicted octanol–water partition coefficient (Wildman–Crippen LogP) is -1.18. The van der Waals surface area contributed by atoms with Crippen LogP contribution in [0.25, 0.3) is 0 Å². The first-order valence-corrected chi connectivity index (χ1v) is 10.9. The molecule has 35 heavy (non-hydrogen) atoms. The minimum absolute atomic E-state index is 0.140. The second-order valence-corrected chi connectivity index (χ2v) is 8.27. The van der Waals surface area contributed by atoms with Crippen molar-refractivity contribution >= 4 is 17.9 Å². The lowest BCUT2D eigenvalue weighted by atomic mass is 9.78. The summed E-state index contributed by atoms with van der Waals surface area (Å²) >= 11 is 0. The summed E-state index contributed by atoms with van der Waals surface area (Å²) in [4.78, 5) is 36.4. The van der Waals surface area contributed by atoms with Crippen LogP contribution in [-0.4, -0.2) is 100 Å². The number of aliphatic hydroxyl groups is 4. The van der Waals surface area contributed by atoms with E-state index >= 15 is 0 Å². The fraction of sp³-hybridized carbons (Fsp3) is 0.682. The van der Waals surface area contributed by atoms with Crippen LogP contribution in [0.5, 0.6) is 0 Å². The lowest BCUT2D eigenvalue weighted by Gasteiger charge is -2.44. The second-order valence-electron chi connectivity index (χ2n) is 8.27. The smallest absolute Gasteiger partial charge is 0.337 e. The Morgan fingerprint density at radius 2 is 1.80 bits per heavy atom. The lowest BCUT2D eigenvalue weighted by molar-refractivity contribution is -0.344. The van der Waals surface area contributed by atoms with Crippen LogP contribution in [0.2, 0.25) is 0 Å². The van der Waals surface area contributed by atoms with E-state index in [2.05, 4.69) is 0 Å². The summed E-state index contributed by atoms with van der Waals surface area (Å²) in [5, 5.41) is 49.3. The zero-order chi connectivity index (χ0) is 26.4. The van der Waals surface area contributed by atoms with Gasteiger partial charge in [0, 0.05) is 11.5 Å². The first-order valence-electron chi connectivity index (χ1n) is 10.9. The van der Waals surface area contributed by atoms with Crippen LogP contribution >= 0.6 is 0 Å². The maximum atomic E-state index is 12.4. The number of rotatable bonds is 9. The number of carbonyl (C=O) groups is 3. The number of carboxylic acids is 1. The van der Waals surface area contributed by atoms with Crippen LogP contribution in [0.3, 0.4) is 0 Å². The summed E-state index contributed by atoms with van der Waals surface area (Å²) in [7, 11) is 1.10. The van der Waals surface area contributed by atoms with E-state index in [9.17, 15) is 39.9 Å². The highest BCUT2D eigenvalue weighted by molar-refractivity contribution is 5.90. The number of aliphatic carboxylic acids is 1. The van der Waals surface area contributed by atoms with Crippen molar-refractivity contribution in [1.29, 1.82) is 0 Å². The van der Waals surface area contributed by atoms with Crippen LogP contribution in [-0.2, 0) is 38.1 Å². The summed E-state index contributed by atoms with van der Waals surface area (Å²) in [6.07, 6.45) is -8.69. The molecule has 2 aliphatic rings. The van der Waals surface area contributed by atoms with Crippen LogP contribution in [0.15, 0.2) is 23.5 Å². The molecule has 0 saturated carbocycles. The fourth-order valence-corrected chi connectivity index (χ4v) is 3.91. The molecule has 0 bridgehead atoms. The standard InChI is InChI=1S/C22H32O13/c1-5-9(2)19(29)33-10(3)15-11(6-14(24)25)12(20(30)31-4)8-32-21(15)35-22-18(28)17(27)16(26)13(7-23)34-22/h5,8,10-11,13,15-18,21-23,26-28H,6-7H2,1-4H3,(H,24,25)/b9-5+/t10-,11+,13+,15+,16+,17-,18+,21?,22-/m0/s1. The topological polar surface area (TPSA) is 199 Å². The average molecular weight is 504 g/mol. The molecule has 5 N–H and O–H groups in total. The first-order chi connectivity index (χ1) is 16.5. The largest absolute Gasteiger partial charge is 0.481 e. The third kappa shape index (κ3) is 6.57. The Hall–Kier alpha value is -2.55. The summed E-state index contributed by atoms with van der Waals surface area (Å²) in [6.45, 7) is 3.89. The Balaban J connectivity index is 2.44. The molecular weight excluding hydrogens is 472 g/mol. The monoisotopic (exact) mass is 504 g/mol. The third-order valence-corrected chi connectivity index (χ3v) is 6.03. The molecule has 0 aromatic carbocycles. The molecule has 1 saturated heterocycles. The molecule has 13 heteroatoms. The van der Waals surface area contributed by atoms with Crippen LogP contribution in [0.4, 0.5) is 0 Å². The molecule has 0 amide bonds. The molecule has 0 spiro atoms. The van der Waals surface area contributed by atoms with E-state index in [1.54, 1.807) is 6.92 Å². The van der Waals surface area contributed by atoms with Crippen molar-refractivity contribution in [2.75, 3.05) is 13.7 Å².